The van der Waals surface area contributed by atoms with Gasteiger partial charge in [0.15, 0.2) is 0 Å². The highest BCUT2D eigenvalue weighted by Crippen LogP contribution is 2.26. The maximum Gasteiger partial charge on any atom is 0.202 e. The maximum absolute atomic E-state index is 13.4. The van der Waals surface area contributed by atoms with Gasteiger partial charge >= 0.3 is 0 Å². The third-order valence-electron chi connectivity index (χ3n) is 3.81. The highest BCUT2D eigenvalue weighted by Gasteiger charge is 2.06. The van der Waals surface area contributed by atoms with Crippen molar-refractivity contribution in [2.24, 2.45) is 0 Å². The fourth-order valence-electron chi connectivity index (χ4n) is 2.38. The molecule has 1 aromatic heterocycles. The van der Waals surface area contributed by atoms with E-state index in [1.807, 2.05) is 29.6 Å². The molecule has 2 N–H and O–H groups in total. The predicted molar refractivity (Wildman–Crippen MR) is 104 cm³/mol. The van der Waals surface area contributed by atoms with Crippen LogP contribution in [0.15, 0.2) is 59.6 Å². The third kappa shape index (κ3) is 4.45. The molecule has 0 aliphatic carbocycles. The SMILES string of the molecule is CCC(=Cc1ccccc1)NNc1nc(-c2ccc(F)c(C)c2)cs1. The molecule has 128 valence electrons. The molecule has 5 heteroatoms. The summed E-state index contributed by atoms with van der Waals surface area (Å²) in [5, 5.41) is 2.73. The topological polar surface area (TPSA) is 37.0 Å². The molecule has 0 unspecified atom stereocenters. The van der Waals surface area contributed by atoms with Crippen molar-refractivity contribution in [3.8, 4) is 11.3 Å². The summed E-state index contributed by atoms with van der Waals surface area (Å²) < 4.78 is 13.4. The van der Waals surface area contributed by atoms with E-state index in [1.54, 1.807) is 13.0 Å². The zero-order valence-electron chi connectivity index (χ0n) is 14.2. The number of hydrogen-bond acceptors (Lipinski definition) is 4. The van der Waals surface area contributed by atoms with Crippen molar-refractivity contribution in [2.75, 3.05) is 5.43 Å². The van der Waals surface area contributed by atoms with E-state index in [9.17, 15) is 4.39 Å². The molecule has 3 nitrogen and oxygen atoms in total. The number of aromatic nitrogens is 1. The van der Waals surface area contributed by atoms with Crippen LogP contribution in [0.5, 0.6) is 0 Å². The Labute approximate surface area is 151 Å². The predicted octanol–water partition coefficient (Wildman–Crippen LogP) is 5.63. The molecule has 0 aliphatic heterocycles. The summed E-state index contributed by atoms with van der Waals surface area (Å²) in [6, 6.07) is 15.2. The second kappa shape index (κ2) is 7.94. The Hall–Kier alpha value is -2.66. The van der Waals surface area contributed by atoms with Crippen LogP contribution in [-0.2, 0) is 0 Å². The summed E-state index contributed by atoms with van der Waals surface area (Å²) in [6.07, 6.45) is 2.97. The van der Waals surface area contributed by atoms with E-state index in [1.165, 1.54) is 17.4 Å². The van der Waals surface area contributed by atoms with Gasteiger partial charge in [-0.2, -0.15) is 0 Å². The van der Waals surface area contributed by atoms with E-state index in [0.29, 0.717) is 5.56 Å². The second-order valence-electron chi connectivity index (χ2n) is 5.69. The van der Waals surface area contributed by atoms with E-state index in [0.717, 1.165) is 34.1 Å². The number of rotatable bonds is 6. The molecule has 1 heterocycles. The number of halogens is 1. The van der Waals surface area contributed by atoms with Crippen molar-refractivity contribution in [2.45, 2.75) is 20.3 Å². The molecule has 0 saturated heterocycles. The Balaban J connectivity index is 1.68. The highest BCUT2D eigenvalue weighted by atomic mass is 32.1. The molecule has 0 radical (unpaired) electrons. The van der Waals surface area contributed by atoms with Gasteiger partial charge in [0.1, 0.15) is 5.82 Å². The minimum absolute atomic E-state index is 0.197. The monoisotopic (exact) mass is 353 g/mol. The maximum atomic E-state index is 13.4. The van der Waals surface area contributed by atoms with Gasteiger partial charge < -0.3 is 5.43 Å². The summed E-state index contributed by atoms with van der Waals surface area (Å²) in [7, 11) is 0. The largest absolute Gasteiger partial charge is 0.303 e. The first kappa shape index (κ1) is 17.2. The number of nitrogens with one attached hydrogen (secondary N) is 2. The Morgan fingerprint density at radius 3 is 2.72 bits per heavy atom. The van der Waals surface area contributed by atoms with Gasteiger partial charge in [-0.15, -0.1) is 11.3 Å². The van der Waals surface area contributed by atoms with Gasteiger partial charge in [0.05, 0.1) is 5.69 Å². The lowest BCUT2D eigenvalue weighted by atomic mass is 10.1. The number of benzene rings is 2. The fourth-order valence-corrected chi connectivity index (χ4v) is 3.05. The number of hydrazine groups is 1. The zero-order valence-corrected chi connectivity index (χ0v) is 15.0. The number of allylic oxidation sites excluding steroid dienone is 1. The number of aryl methyl sites for hydroxylation is 1. The summed E-state index contributed by atoms with van der Waals surface area (Å²) in [5.74, 6) is -0.197. The molecule has 3 aromatic rings. The van der Waals surface area contributed by atoms with Crippen LogP contribution in [0.1, 0.15) is 24.5 Å². The van der Waals surface area contributed by atoms with Crippen molar-refractivity contribution in [3.63, 3.8) is 0 Å². The molecule has 0 aliphatic rings. The van der Waals surface area contributed by atoms with Crippen LogP contribution in [0.2, 0.25) is 0 Å². The average molecular weight is 353 g/mol. The van der Waals surface area contributed by atoms with Crippen LogP contribution in [0.3, 0.4) is 0 Å². The summed E-state index contributed by atoms with van der Waals surface area (Å²) >= 11 is 1.51. The molecule has 25 heavy (non-hydrogen) atoms. The van der Waals surface area contributed by atoms with Gasteiger partial charge in [0, 0.05) is 16.6 Å². The number of hydrogen-bond donors (Lipinski definition) is 2. The molecule has 0 atom stereocenters. The van der Waals surface area contributed by atoms with E-state index in [4.69, 9.17) is 0 Å². The molecular weight excluding hydrogens is 333 g/mol. The van der Waals surface area contributed by atoms with Crippen LogP contribution in [-0.4, -0.2) is 4.98 Å². The molecule has 0 spiro atoms. The molecule has 0 saturated carbocycles. The van der Waals surface area contributed by atoms with E-state index in [2.05, 4.69) is 41.0 Å². The number of thiazole rings is 1. The van der Waals surface area contributed by atoms with Crippen LogP contribution < -0.4 is 10.9 Å². The number of nitrogens with zero attached hydrogens (tertiary/aromatic N) is 1. The quantitative estimate of drug-likeness (QED) is 0.564. The van der Waals surface area contributed by atoms with Crippen LogP contribution in [0.25, 0.3) is 17.3 Å². The highest BCUT2D eigenvalue weighted by molar-refractivity contribution is 7.14. The second-order valence-corrected chi connectivity index (χ2v) is 6.54. The van der Waals surface area contributed by atoms with Crippen molar-refractivity contribution in [1.29, 1.82) is 0 Å². The lowest BCUT2D eigenvalue weighted by molar-refractivity contribution is 0.619. The van der Waals surface area contributed by atoms with Crippen molar-refractivity contribution >= 4 is 22.5 Å². The van der Waals surface area contributed by atoms with Gasteiger partial charge in [-0.1, -0.05) is 37.3 Å². The van der Waals surface area contributed by atoms with E-state index >= 15 is 0 Å². The Morgan fingerprint density at radius 2 is 2.00 bits per heavy atom. The molecule has 0 fully saturated rings. The normalized spacial score (nSPS) is 11.4. The van der Waals surface area contributed by atoms with Gasteiger partial charge in [-0.05, 0) is 48.7 Å². The first-order valence-electron chi connectivity index (χ1n) is 8.15. The fraction of sp³-hybridized carbons (Fsp3) is 0.150. The Bertz CT molecular complexity index is 872. The lowest BCUT2D eigenvalue weighted by Crippen LogP contribution is -2.20. The Kier molecular flexibility index (Phi) is 5.46. The smallest absolute Gasteiger partial charge is 0.202 e. The first-order valence-corrected chi connectivity index (χ1v) is 9.03. The van der Waals surface area contributed by atoms with Crippen molar-refractivity contribution in [1.82, 2.24) is 10.4 Å². The van der Waals surface area contributed by atoms with Crippen LogP contribution in [0, 0.1) is 12.7 Å². The van der Waals surface area contributed by atoms with Crippen molar-refractivity contribution < 1.29 is 4.39 Å². The van der Waals surface area contributed by atoms with Crippen LogP contribution >= 0.6 is 11.3 Å². The lowest BCUT2D eigenvalue weighted by Gasteiger charge is -2.09. The average Bonchev–Trinajstić information content (AvgIpc) is 3.11. The summed E-state index contributed by atoms with van der Waals surface area (Å²) in [5.41, 5.74) is 11.0. The van der Waals surface area contributed by atoms with Gasteiger partial charge in [-0.25, -0.2) is 9.37 Å². The number of anilines is 1. The molecular formula is C20H20FN3S. The standard InChI is InChI=1S/C20H20FN3S/c1-3-17(12-15-7-5-4-6-8-15)23-24-20-22-19(13-25-20)16-9-10-18(21)14(2)11-16/h4-13,23H,3H2,1-2H3,(H,22,24). The van der Waals surface area contributed by atoms with Gasteiger partial charge in [0.2, 0.25) is 5.13 Å². The zero-order chi connectivity index (χ0) is 17.6. The van der Waals surface area contributed by atoms with Gasteiger partial charge in [-0.3, -0.25) is 5.43 Å². The molecule has 0 bridgehead atoms. The molecule has 3 rings (SSSR count). The van der Waals surface area contributed by atoms with E-state index in [-0.39, 0.29) is 5.82 Å². The van der Waals surface area contributed by atoms with E-state index < -0.39 is 0 Å². The molecule has 2 aromatic carbocycles. The third-order valence-corrected chi connectivity index (χ3v) is 4.57. The Morgan fingerprint density at radius 1 is 1.20 bits per heavy atom. The summed E-state index contributed by atoms with van der Waals surface area (Å²) in [4.78, 5) is 4.56. The van der Waals surface area contributed by atoms with Crippen LogP contribution in [0.4, 0.5) is 9.52 Å². The minimum atomic E-state index is -0.197. The summed E-state index contributed by atoms with van der Waals surface area (Å²) in [6.45, 7) is 3.85. The first-order chi connectivity index (χ1) is 12.2. The van der Waals surface area contributed by atoms with Gasteiger partial charge in [0.25, 0.3) is 0 Å². The molecule has 0 amide bonds. The minimum Gasteiger partial charge on any atom is -0.303 e. The van der Waals surface area contributed by atoms with Crippen molar-refractivity contribution in [3.05, 3.63) is 76.6 Å².